The van der Waals surface area contributed by atoms with Crippen molar-refractivity contribution in [2.45, 2.75) is 69.6 Å². The van der Waals surface area contributed by atoms with Crippen LogP contribution in [-0.2, 0) is 11.2 Å². The Morgan fingerprint density at radius 3 is 1.83 bits per heavy atom. The van der Waals surface area contributed by atoms with Gasteiger partial charge in [0, 0.05) is 0 Å². The number of hydrogen-bond donors (Lipinski definition) is 0. The molecule has 0 aliphatic carbocycles. The van der Waals surface area contributed by atoms with E-state index in [2.05, 4.69) is 11.7 Å². The van der Waals surface area contributed by atoms with Crippen LogP contribution in [0.5, 0.6) is 0 Å². The number of esters is 1. The largest absolute Gasteiger partial charge is 0.455 e. The summed E-state index contributed by atoms with van der Waals surface area (Å²) in [6.45, 7) is -0.347. The lowest BCUT2D eigenvalue weighted by Crippen LogP contribution is -2.59. The fourth-order valence-corrected chi connectivity index (χ4v) is 3.31. The molecule has 2 aromatic rings. The maximum absolute atomic E-state index is 13.5. The molecule has 10 heteroatoms. The van der Waals surface area contributed by atoms with E-state index in [4.69, 9.17) is 0 Å². The highest BCUT2D eigenvalue weighted by Crippen LogP contribution is 2.48. The van der Waals surface area contributed by atoms with Gasteiger partial charge in [0.05, 0.1) is 5.56 Å². The van der Waals surface area contributed by atoms with Crippen molar-refractivity contribution in [3.8, 4) is 11.1 Å². The molecule has 35 heavy (non-hydrogen) atoms. The predicted molar refractivity (Wildman–Crippen MR) is 115 cm³/mol. The van der Waals surface area contributed by atoms with E-state index < -0.39 is 36.8 Å². The molecular formula is C25H26F8O2. The van der Waals surface area contributed by atoms with Crippen molar-refractivity contribution >= 4 is 5.97 Å². The van der Waals surface area contributed by atoms with Crippen LogP contribution in [0.3, 0.4) is 0 Å². The molecule has 2 nitrogen and oxygen atoms in total. The van der Waals surface area contributed by atoms with Crippen LogP contribution in [-0.4, -0.2) is 36.8 Å². The van der Waals surface area contributed by atoms with E-state index in [0.717, 1.165) is 24.8 Å². The van der Waals surface area contributed by atoms with Crippen molar-refractivity contribution in [3.63, 3.8) is 0 Å². The zero-order chi connectivity index (χ0) is 26.3. The van der Waals surface area contributed by atoms with Gasteiger partial charge in [0.2, 0.25) is 0 Å². The van der Waals surface area contributed by atoms with Crippen LogP contribution in [0.25, 0.3) is 11.1 Å². The topological polar surface area (TPSA) is 26.3 Å². The van der Waals surface area contributed by atoms with Crippen molar-refractivity contribution in [1.29, 1.82) is 0 Å². The minimum atomic E-state index is -6.43. The number of alkyl halides is 8. The summed E-state index contributed by atoms with van der Waals surface area (Å²) in [6.07, 6.45) is 1.74. The van der Waals surface area contributed by atoms with Gasteiger partial charge in [0.25, 0.3) is 0 Å². The standard InChI is InChI=1S/C25H26F8O2/c1-2-3-4-5-6-7-17-8-10-18(11-9-17)19-12-14-20(15-13-19)21(34)35-16-23(28,29)25(32,33)24(30,31)22(26)27/h8-15,22H,2-7,16H2,1H3. The van der Waals surface area contributed by atoms with Crippen molar-refractivity contribution in [2.75, 3.05) is 6.61 Å². The summed E-state index contributed by atoms with van der Waals surface area (Å²) in [5.74, 6) is -20.0. The molecule has 0 N–H and O–H groups in total. The third-order valence-corrected chi connectivity index (χ3v) is 5.51. The minimum Gasteiger partial charge on any atom is -0.455 e. The first-order valence-electron chi connectivity index (χ1n) is 11.1. The summed E-state index contributed by atoms with van der Waals surface area (Å²) in [7, 11) is 0. The number of aryl methyl sites for hydroxylation is 1. The Balaban J connectivity index is 1.97. The quantitative estimate of drug-likeness (QED) is 0.154. The van der Waals surface area contributed by atoms with Crippen LogP contribution in [0.15, 0.2) is 48.5 Å². The highest BCUT2D eigenvalue weighted by atomic mass is 19.4. The maximum atomic E-state index is 13.5. The molecule has 0 bridgehead atoms. The summed E-state index contributed by atoms with van der Waals surface area (Å²) >= 11 is 0. The fraction of sp³-hybridized carbons (Fsp3) is 0.480. The SMILES string of the molecule is CCCCCCCc1ccc(-c2ccc(C(=O)OCC(F)(F)C(F)(F)C(F)(F)C(F)F)cc2)cc1. The lowest BCUT2D eigenvalue weighted by molar-refractivity contribution is -0.343. The number of carbonyl (C=O) groups excluding carboxylic acids is 1. The first-order valence-corrected chi connectivity index (χ1v) is 11.1. The van der Waals surface area contributed by atoms with E-state index >= 15 is 0 Å². The van der Waals surface area contributed by atoms with Crippen molar-refractivity contribution in [2.24, 2.45) is 0 Å². The Morgan fingerprint density at radius 1 is 0.800 bits per heavy atom. The molecular weight excluding hydrogens is 484 g/mol. The van der Waals surface area contributed by atoms with Gasteiger partial charge in [-0.2, -0.15) is 26.3 Å². The molecule has 2 rings (SSSR count). The molecule has 0 saturated heterocycles. The first kappa shape index (κ1) is 28.6. The first-order chi connectivity index (χ1) is 16.3. The highest BCUT2D eigenvalue weighted by molar-refractivity contribution is 5.90. The Labute approximate surface area is 198 Å². The lowest BCUT2D eigenvalue weighted by atomic mass is 10.00. The summed E-state index contributed by atoms with van der Waals surface area (Å²) in [6, 6.07) is 13.0. The second-order valence-electron chi connectivity index (χ2n) is 8.22. The van der Waals surface area contributed by atoms with Crippen molar-refractivity contribution in [3.05, 3.63) is 59.7 Å². The molecule has 0 unspecified atom stereocenters. The summed E-state index contributed by atoms with van der Waals surface area (Å²) in [5, 5.41) is 0. The van der Waals surface area contributed by atoms with Crippen LogP contribution in [0.1, 0.15) is 54.9 Å². The molecule has 0 aromatic heterocycles. The number of carbonyl (C=O) groups is 1. The molecule has 0 aliphatic heterocycles. The number of rotatable bonds is 13. The average Bonchev–Trinajstić information content (AvgIpc) is 2.82. The molecule has 0 radical (unpaired) electrons. The van der Waals surface area contributed by atoms with Gasteiger partial charge in [-0.05, 0) is 41.7 Å². The summed E-state index contributed by atoms with van der Waals surface area (Å²) in [5.41, 5.74) is 2.34. The molecule has 0 saturated carbocycles. The number of halogens is 8. The van der Waals surface area contributed by atoms with Crippen molar-refractivity contribution in [1.82, 2.24) is 0 Å². The molecule has 0 amide bonds. The second-order valence-corrected chi connectivity index (χ2v) is 8.22. The van der Waals surface area contributed by atoms with E-state index in [1.165, 1.54) is 49.1 Å². The summed E-state index contributed by atoms with van der Waals surface area (Å²) < 4.78 is 108. The smallest absolute Gasteiger partial charge is 0.381 e. The van der Waals surface area contributed by atoms with Gasteiger partial charge >= 0.3 is 30.2 Å². The second kappa shape index (κ2) is 11.9. The van der Waals surface area contributed by atoms with Gasteiger partial charge in [-0.3, -0.25) is 0 Å². The normalized spacial score (nSPS) is 12.7. The van der Waals surface area contributed by atoms with Crippen LogP contribution < -0.4 is 0 Å². The third kappa shape index (κ3) is 6.95. The van der Waals surface area contributed by atoms with Crippen LogP contribution >= 0.6 is 0 Å². The van der Waals surface area contributed by atoms with Gasteiger partial charge in [-0.15, -0.1) is 0 Å². The molecule has 0 fully saturated rings. The van der Waals surface area contributed by atoms with E-state index in [1.54, 1.807) is 0 Å². The van der Waals surface area contributed by atoms with E-state index in [0.29, 0.717) is 5.56 Å². The fourth-order valence-electron chi connectivity index (χ4n) is 3.31. The zero-order valence-corrected chi connectivity index (χ0v) is 19.0. The lowest BCUT2D eigenvalue weighted by Gasteiger charge is -2.31. The molecule has 0 atom stereocenters. The van der Waals surface area contributed by atoms with Crippen LogP contribution in [0.4, 0.5) is 35.1 Å². The van der Waals surface area contributed by atoms with Crippen LogP contribution in [0.2, 0.25) is 0 Å². The average molecular weight is 510 g/mol. The van der Waals surface area contributed by atoms with E-state index in [9.17, 15) is 39.9 Å². The number of benzene rings is 2. The Morgan fingerprint density at radius 2 is 1.31 bits per heavy atom. The Kier molecular flexibility index (Phi) is 9.68. The van der Waals surface area contributed by atoms with Gasteiger partial charge in [0.1, 0.15) is 0 Å². The van der Waals surface area contributed by atoms with Crippen LogP contribution in [0, 0.1) is 0 Å². The molecule has 0 spiro atoms. The molecule has 2 aromatic carbocycles. The minimum absolute atomic E-state index is 0.308. The number of hydrogen-bond acceptors (Lipinski definition) is 2. The monoisotopic (exact) mass is 510 g/mol. The number of ether oxygens (including phenoxy) is 1. The highest BCUT2D eigenvalue weighted by Gasteiger charge is 2.75. The molecule has 194 valence electrons. The molecule has 0 aliphatic rings. The predicted octanol–water partition coefficient (Wildman–Crippen LogP) is 8.19. The summed E-state index contributed by atoms with van der Waals surface area (Å²) in [4.78, 5) is 11.9. The van der Waals surface area contributed by atoms with Gasteiger partial charge in [-0.1, -0.05) is 69.0 Å². The van der Waals surface area contributed by atoms with Gasteiger partial charge < -0.3 is 4.74 Å². The number of unbranched alkanes of at least 4 members (excludes halogenated alkanes) is 4. The van der Waals surface area contributed by atoms with Gasteiger partial charge in [0.15, 0.2) is 6.61 Å². The Hall–Kier alpha value is -2.65. The van der Waals surface area contributed by atoms with Crippen molar-refractivity contribution < 1.29 is 44.7 Å². The molecule has 0 heterocycles. The Bertz CT molecular complexity index is 941. The van der Waals surface area contributed by atoms with E-state index in [-0.39, 0.29) is 5.56 Å². The van der Waals surface area contributed by atoms with Gasteiger partial charge in [-0.25, -0.2) is 13.6 Å². The zero-order valence-electron chi connectivity index (χ0n) is 19.0. The maximum Gasteiger partial charge on any atom is 0.381 e. The van der Waals surface area contributed by atoms with E-state index in [1.807, 2.05) is 24.3 Å². The third-order valence-electron chi connectivity index (χ3n) is 5.51.